The molecule has 0 bridgehead atoms. The van der Waals surface area contributed by atoms with Crippen LogP contribution < -0.4 is 0 Å². The Morgan fingerprint density at radius 3 is 3.00 bits per heavy atom. The van der Waals surface area contributed by atoms with E-state index >= 15 is 0 Å². The van der Waals surface area contributed by atoms with Crippen LogP contribution in [0.4, 0.5) is 0 Å². The zero-order valence-corrected chi connectivity index (χ0v) is 6.32. The summed E-state index contributed by atoms with van der Waals surface area (Å²) in [4.78, 5) is 20.3. The van der Waals surface area contributed by atoms with Crippen LogP contribution in [0.25, 0.3) is 0 Å². The van der Waals surface area contributed by atoms with Crippen molar-refractivity contribution in [1.29, 1.82) is 0 Å². The van der Waals surface area contributed by atoms with E-state index in [0.717, 1.165) is 0 Å². The normalized spacial score (nSPS) is 22.0. The first-order chi connectivity index (χ1) is 5.72. The molecule has 1 aliphatic heterocycles. The van der Waals surface area contributed by atoms with Gasteiger partial charge < -0.3 is 9.84 Å². The van der Waals surface area contributed by atoms with Crippen LogP contribution in [0.1, 0.15) is 6.42 Å². The summed E-state index contributed by atoms with van der Waals surface area (Å²) in [5.41, 5.74) is 0.414. The number of carbonyl (C=O) groups is 1. The second kappa shape index (κ2) is 3.85. The van der Waals surface area contributed by atoms with E-state index < -0.39 is 12.1 Å². The predicted molar refractivity (Wildman–Crippen MR) is 40.3 cm³/mol. The molecule has 1 rings (SSSR count). The number of carboxylic acid groups (broad SMARTS) is 1. The zero-order chi connectivity index (χ0) is 8.97. The Kier molecular flexibility index (Phi) is 2.80. The van der Waals surface area contributed by atoms with Crippen LogP contribution >= 0.6 is 0 Å². The molecule has 0 radical (unpaired) electrons. The molecule has 1 heterocycles. The molecule has 0 aliphatic carbocycles. The molecule has 12 heavy (non-hydrogen) atoms. The first kappa shape index (κ1) is 8.71. The van der Waals surface area contributed by atoms with Crippen LogP contribution in [0.2, 0.25) is 0 Å². The van der Waals surface area contributed by atoms with Crippen molar-refractivity contribution in [2.45, 2.75) is 12.5 Å². The van der Waals surface area contributed by atoms with Gasteiger partial charge in [0.2, 0.25) is 0 Å². The van der Waals surface area contributed by atoms with Gasteiger partial charge in [-0.25, -0.2) is 4.79 Å². The Bertz CT molecular complexity index is 260. The fourth-order valence-electron chi connectivity index (χ4n) is 0.887. The van der Waals surface area contributed by atoms with Crippen molar-refractivity contribution in [3.63, 3.8) is 0 Å². The van der Waals surface area contributed by atoms with E-state index in [9.17, 15) is 9.59 Å². The number of hydrogen-bond acceptors (Lipinski definition) is 3. The fourth-order valence-corrected chi connectivity index (χ4v) is 0.887. The number of aliphatic carboxylic acids is 1. The quantitative estimate of drug-likeness (QED) is 0.597. The minimum atomic E-state index is -0.914. The number of ether oxygens (including phenoxy) is 1. The van der Waals surface area contributed by atoms with Crippen molar-refractivity contribution in [1.82, 2.24) is 0 Å². The summed E-state index contributed by atoms with van der Waals surface area (Å²) in [5.74, 6) is 0.771. The Morgan fingerprint density at radius 1 is 1.83 bits per heavy atom. The van der Waals surface area contributed by atoms with E-state index in [4.69, 9.17) is 9.84 Å². The third kappa shape index (κ3) is 2.34. The molecule has 0 saturated heterocycles. The van der Waals surface area contributed by atoms with Gasteiger partial charge in [0.1, 0.15) is 5.94 Å². The summed E-state index contributed by atoms with van der Waals surface area (Å²) >= 11 is 0. The monoisotopic (exact) mass is 168 g/mol. The van der Waals surface area contributed by atoms with E-state index in [0.29, 0.717) is 5.57 Å². The summed E-state index contributed by atoms with van der Waals surface area (Å²) < 4.78 is 5.03. The van der Waals surface area contributed by atoms with E-state index in [1.807, 2.05) is 0 Å². The summed E-state index contributed by atoms with van der Waals surface area (Å²) in [5, 5.41) is 8.39. The van der Waals surface area contributed by atoms with E-state index in [1.165, 1.54) is 0 Å². The smallest absolute Gasteiger partial charge is 0.306 e. The number of carbonyl (C=O) groups excluding carboxylic acids is 1. The molecule has 1 aliphatic rings. The lowest BCUT2D eigenvalue weighted by atomic mass is 10.1. The van der Waals surface area contributed by atoms with Gasteiger partial charge in [-0.3, -0.25) is 4.79 Å². The highest BCUT2D eigenvalue weighted by molar-refractivity contribution is 5.68. The molecule has 4 heteroatoms. The van der Waals surface area contributed by atoms with Gasteiger partial charge in [-0.05, 0) is 6.08 Å². The third-order valence-electron chi connectivity index (χ3n) is 1.47. The summed E-state index contributed by atoms with van der Waals surface area (Å²) in [6, 6.07) is 0. The molecule has 1 unspecified atom stereocenters. The second-order valence-electron chi connectivity index (χ2n) is 2.43. The van der Waals surface area contributed by atoms with Crippen molar-refractivity contribution < 1.29 is 19.4 Å². The van der Waals surface area contributed by atoms with Crippen LogP contribution in [-0.4, -0.2) is 29.7 Å². The number of hydrogen-bond donors (Lipinski definition) is 1. The van der Waals surface area contributed by atoms with Gasteiger partial charge in [0.25, 0.3) is 0 Å². The first-order valence-corrected chi connectivity index (χ1v) is 3.48. The second-order valence-corrected chi connectivity index (χ2v) is 2.43. The van der Waals surface area contributed by atoms with Crippen LogP contribution in [0.5, 0.6) is 0 Å². The zero-order valence-electron chi connectivity index (χ0n) is 6.32. The van der Waals surface area contributed by atoms with Crippen LogP contribution in [-0.2, 0) is 14.3 Å². The molecular weight excluding hydrogens is 160 g/mol. The van der Waals surface area contributed by atoms with Crippen molar-refractivity contribution in [3.05, 3.63) is 17.7 Å². The standard InChI is InChI=1S/C8H8O4/c9-4-6-1-2-7(12-5-6)3-8(10)11/h1-2,7H,3,5H2,(H,10,11). The lowest BCUT2D eigenvalue weighted by Gasteiger charge is -2.15. The van der Waals surface area contributed by atoms with Crippen LogP contribution in [0.3, 0.4) is 0 Å². The predicted octanol–water partition coefficient (Wildman–Crippen LogP) is 0.174. The highest BCUT2D eigenvalue weighted by atomic mass is 16.5. The molecule has 0 fully saturated rings. The van der Waals surface area contributed by atoms with Gasteiger partial charge in [0.05, 0.1) is 24.7 Å². The van der Waals surface area contributed by atoms with E-state index in [-0.39, 0.29) is 13.0 Å². The van der Waals surface area contributed by atoms with Crippen molar-refractivity contribution >= 4 is 11.9 Å². The Morgan fingerprint density at radius 2 is 2.58 bits per heavy atom. The largest absolute Gasteiger partial charge is 0.481 e. The Labute approximate surface area is 69.1 Å². The van der Waals surface area contributed by atoms with Crippen LogP contribution in [0.15, 0.2) is 17.7 Å². The fraction of sp³-hybridized carbons (Fsp3) is 0.375. The minimum absolute atomic E-state index is 0.0668. The Balaban J connectivity index is 2.54. The van der Waals surface area contributed by atoms with Gasteiger partial charge >= 0.3 is 5.97 Å². The molecule has 0 aromatic rings. The summed E-state index contributed by atoms with van der Waals surface area (Å²) in [6.07, 6.45) is 2.62. The number of rotatable bonds is 2. The van der Waals surface area contributed by atoms with Gasteiger partial charge in [0.15, 0.2) is 0 Å². The molecular formula is C8H8O4. The molecule has 1 N–H and O–H groups in total. The van der Waals surface area contributed by atoms with E-state index in [1.54, 1.807) is 18.1 Å². The lowest BCUT2D eigenvalue weighted by molar-refractivity contribution is -0.139. The highest BCUT2D eigenvalue weighted by Gasteiger charge is 2.14. The lowest BCUT2D eigenvalue weighted by Crippen LogP contribution is -2.19. The highest BCUT2D eigenvalue weighted by Crippen LogP contribution is 2.10. The number of carboxylic acids is 1. The van der Waals surface area contributed by atoms with Gasteiger partial charge in [-0.2, -0.15) is 0 Å². The first-order valence-electron chi connectivity index (χ1n) is 3.48. The van der Waals surface area contributed by atoms with Crippen molar-refractivity contribution in [2.24, 2.45) is 0 Å². The van der Waals surface area contributed by atoms with Crippen molar-refractivity contribution in [3.8, 4) is 0 Å². The molecule has 1 atom stereocenters. The van der Waals surface area contributed by atoms with Crippen molar-refractivity contribution in [2.75, 3.05) is 6.61 Å². The molecule has 64 valence electrons. The molecule has 4 nitrogen and oxygen atoms in total. The van der Waals surface area contributed by atoms with Gasteiger partial charge in [-0.1, -0.05) is 6.08 Å². The molecule has 0 amide bonds. The Hall–Kier alpha value is -1.38. The average Bonchev–Trinajstić information content (AvgIpc) is 2.05. The maximum Gasteiger partial charge on any atom is 0.306 e. The third-order valence-corrected chi connectivity index (χ3v) is 1.47. The van der Waals surface area contributed by atoms with Crippen LogP contribution in [0, 0.1) is 0 Å². The molecule has 0 aromatic heterocycles. The molecule has 0 saturated carbocycles. The maximum atomic E-state index is 10.2. The molecule has 0 spiro atoms. The SMILES string of the molecule is O=C=C1C=CC(CC(=O)O)OC1. The average molecular weight is 168 g/mol. The summed E-state index contributed by atoms with van der Waals surface area (Å²) in [7, 11) is 0. The minimum Gasteiger partial charge on any atom is -0.481 e. The van der Waals surface area contributed by atoms with E-state index in [2.05, 4.69) is 0 Å². The van der Waals surface area contributed by atoms with Gasteiger partial charge in [0, 0.05) is 0 Å². The molecule has 0 aromatic carbocycles. The van der Waals surface area contributed by atoms with Gasteiger partial charge in [-0.15, -0.1) is 0 Å². The maximum absolute atomic E-state index is 10.2. The topological polar surface area (TPSA) is 63.6 Å². The summed E-state index contributed by atoms with van der Waals surface area (Å²) in [6.45, 7) is 0.151.